The van der Waals surface area contributed by atoms with Crippen LogP contribution in [0.15, 0.2) is 86.7 Å². The van der Waals surface area contributed by atoms with Gasteiger partial charge in [0.2, 0.25) is 5.55 Å². The minimum atomic E-state index is 0.380. The molecule has 0 unspecified atom stereocenters. The largest absolute Gasteiger partial charge is 0.460 e. The molecule has 0 fully saturated rings. The standard InChI is InChI=1S/C25H20N2O2/c1-15-24-20(19(14-22(27-26)29-24)17-9-5-3-6-10-17)13-21-23(16(2)28-25(15)21)18-11-7-4-8-12-18/h3-14H,26H2,1-2H3. The van der Waals surface area contributed by atoms with Crippen molar-refractivity contribution in [3.8, 4) is 22.3 Å². The van der Waals surface area contributed by atoms with Crippen LogP contribution in [-0.4, -0.2) is 0 Å². The van der Waals surface area contributed by atoms with E-state index in [0.29, 0.717) is 5.55 Å². The zero-order valence-electron chi connectivity index (χ0n) is 16.3. The molecule has 0 atom stereocenters. The number of rotatable bonds is 2. The Morgan fingerprint density at radius 1 is 0.724 bits per heavy atom. The van der Waals surface area contributed by atoms with Gasteiger partial charge in [-0.1, -0.05) is 60.7 Å². The van der Waals surface area contributed by atoms with Crippen LogP contribution >= 0.6 is 0 Å². The van der Waals surface area contributed by atoms with Gasteiger partial charge in [-0.2, -0.15) is 0 Å². The van der Waals surface area contributed by atoms with Gasteiger partial charge in [0.25, 0.3) is 0 Å². The number of aryl methyl sites for hydroxylation is 2. The molecule has 0 spiro atoms. The van der Waals surface area contributed by atoms with Crippen LogP contribution in [0.1, 0.15) is 11.3 Å². The Morgan fingerprint density at radius 3 is 2.00 bits per heavy atom. The summed E-state index contributed by atoms with van der Waals surface area (Å²) in [7, 11) is 0. The molecule has 2 N–H and O–H groups in total. The predicted octanol–water partition coefficient (Wildman–Crippen LogP) is 5.90. The van der Waals surface area contributed by atoms with E-state index in [0.717, 1.165) is 55.5 Å². The molecule has 0 aliphatic heterocycles. The smallest absolute Gasteiger partial charge is 0.236 e. The maximum absolute atomic E-state index is 6.19. The van der Waals surface area contributed by atoms with Gasteiger partial charge in [-0.15, -0.1) is 5.10 Å². The first-order valence-electron chi connectivity index (χ1n) is 9.52. The number of hydrogen-bond acceptors (Lipinski definition) is 4. The quantitative estimate of drug-likeness (QED) is 0.306. The summed E-state index contributed by atoms with van der Waals surface area (Å²) in [6.45, 7) is 4.02. The van der Waals surface area contributed by atoms with Crippen molar-refractivity contribution in [2.24, 2.45) is 10.9 Å². The Kier molecular flexibility index (Phi) is 3.98. The Labute approximate surface area is 167 Å². The van der Waals surface area contributed by atoms with E-state index in [1.807, 2.05) is 56.3 Å². The molecule has 0 radical (unpaired) electrons. The molecular formula is C25H20N2O2. The van der Waals surface area contributed by atoms with Crippen molar-refractivity contribution in [3.05, 3.63) is 89.7 Å². The maximum Gasteiger partial charge on any atom is 0.236 e. The molecule has 0 bridgehead atoms. The maximum atomic E-state index is 6.19. The summed E-state index contributed by atoms with van der Waals surface area (Å²) in [6, 6.07) is 24.6. The van der Waals surface area contributed by atoms with E-state index in [1.54, 1.807) is 0 Å². The molecule has 29 heavy (non-hydrogen) atoms. The summed E-state index contributed by atoms with van der Waals surface area (Å²) in [4.78, 5) is 0. The third-order valence-corrected chi connectivity index (χ3v) is 5.37. The fourth-order valence-corrected chi connectivity index (χ4v) is 4.04. The van der Waals surface area contributed by atoms with E-state index in [9.17, 15) is 0 Å². The molecule has 0 saturated heterocycles. The number of furan rings is 1. The van der Waals surface area contributed by atoms with Crippen LogP contribution in [0.4, 0.5) is 0 Å². The third kappa shape index (κ3) is 2.72. The summed E-state index contributed by atoms with van der Waals surface area (Å²) in [5.41, 5.74) is 7.22. The molecule has 5 rings (SSSR count). The molecule has 4 heteroatoms. The highest BCUT2D eigenvalue weighted by Gasteiger charge is 2.19. The number of benzene rings is 3. The Hall–Kier alpha value is -3.79. The summed E-state index contributed by atoms with van der Waals surface area (Å²) in [5.74, 6) is 6.45. The first-order chi connectivity index (χ1) is 14.2. The molecule has 5 aromatic rings. The average Bonchev–Trinajstić information content (AvgIpc) is 3.10. The van der Waals surface area contributed by atoms with Crippen molar-refractivity contribution in [1.29, 1.82) is 0 Å². The van der Waals surface area contributed by atoms with E-state index in [2.05, 4.69) is 35.4 Å². The SMILES string of the molecule is Cc1oc2c(C)c3oc(=NN)cc(-c4ccccc4)c3cc2c1-c1ccccc1. The topological polar surface area (TPSA) is 64.7 Å². The monoisotopic (exact) mass is 380 g/mol. The van der Waals surface area contributed by atoms with Crippen molar-refractivity contribution < 1.29 is 8.83 Å². The normalized spacial score (nSPS) is 12.1. The van der Waals surface area contributed by atoms with Gasteiger partial charge >= 0.3 is 0 Å². The molecule has 4 nitrogen and oxygen atoms in total. The van der Waals surface area contributed by atoms with E-state index in [1.165, 1.54) is 0 Å². The molecule has 0 saturated carbocycles. The molecule has 142 valence electrons. The first-order valence-corrected chi connectivity index (χ1v) is 9.52. The molecular weight excluding hydrogens is 360 g/mol. The van der Waals surface area contributed by atoms with Crippen molar-refractivity contribution in [2.75, 3.05) is 0 Å². The Balaban J connectivity index is 1.95. The van der Waals surface area contributed by atoms with Gasteiger partial charge in [0.15, 0.2) is 0 Å². The molecule has 3 aromatic carbocycles. The van der Waals surface area contributed by atoms with Gasteiger partial charge in [0, 0.05) is 28.0 Å². The predicted molar refractivity (Wildman–Crippen MR) is 116 cm³/mol. The van der Waals surface area contributed by atoms with E-state index < -0.39 is 0 Å². The number of nitrogens with zero attached hydrogens (tertiary/aromatic N) is 1. The van der Waals surface area contributed by atoms with Crippen LogP contribution in [-0.2, 0) is 0 Å². The van der Waals surface area contributed by atoms with Gasteiger partial charge in [0.05, 0.1) is 0 Å². The summed E-state index contributed by atoms with van der Waals surface area (Å²) in [5, 5.41) is 5.88. The molecule has 0 amide bonds. The van der Waals surface area contributed by atoms with Gasteiger partial charge in [-0.25, -0.2) is 0 Å². The zero-order chi connectivity index (χ0) is 20.0. The van der Waals surface area contributed by atoms with Crippen molar-refractivity contribution >= 4 is 21.9 Å². The fraction of sp³-hybridized carbons (Fsp3) is 0.0800. The van der Waals surface area contributed by atoms with Gasteiger partial charge in [0.1, 0.15) is 16.9 Å². The fourth-order valence-electron chi connectivity index (χ4n) is 4.04. The Morgan fingerprint density at radius 2 is 1.34 bits per heavy atom. The van der Waals surface area contributed by atoms with Crippen LogP contribution in [0.25, 0.3) is 44.2 Å². The minimum Gasteiger partial charge on any atom is -0.460 e. The Bertz CT molecular complexity index is 1410. The number of hydrogen-bond donors (Lipinski definition) is 1. The van der Waals surface area contributed by atoms with E-state index in [-0.39, 0.29) is 0 Å². The zero-order valence-corrected chi connectivity index (χ0v) is 16.3. The number of nitrogens with two attached hydrogens (primary N) is 1. The van der Waals surface area contributed by atoms with E-state index >= 15 is 0 Å². The van der Waals surface area contributed by atoms with E-state index in [4.69, 9.17) is 14.7 Å². The van der Waals surface area contributed by atoms with Gasteiger partial charge in [-0.05, 0) is 36.6 Å². The second-order valence-corrected chi connectivity index (χ2v) is 7.15. The highest BCUT2D eigenvalue weighted by molar-refractivity contribution is 6.08. The third-order valence-electron chi connectivity index (χ3n) is 5.37. The molecule has 0 aliphatic carbocycles. The summed E-state index contributed by atoms with van der Waals surface area (Å²) < 4.78 is 12.2. The van der Waals surface area contributed by atoms with Crippen molar-refractivity contribution in [3.63, 3.8) is 0 Å². The van der Waals surface area contributed by atoms with Gasteiger partial charge < -0.3 is 14.7 Å². The second kappa shape index (κ2) is 6.67. The second-order valence-electron chi connectivity index (χ2n) is 7.15. The molecule has 0 aliphatic rings. The lowest BCUT2D eigenvalue weighted by atomic mass is 9.96. The van der Waals surface area contributed by atoms with Crippen LogP contribution in [0.5, 0.6) is 0 Å². The van der Waals surface area contributed by atoms with Crippen LogP contribution < -0.4 is 11.4 Å². The molecule has 2 aromatic heterocycles. The molecule has 2 heterocycles. The van der Waals surface area contributed by atoms with Crippen LogP contribution in [0.2, 0.25) is 0 Å². The highest BCUT2D eigenvalue weighted by atomic mass is 16.3. The van der Waals surface area contributed by atoms with Crippen molar-refractivity contribution in [1.82, 2.24) is 0 Å². The minimum absolute atomic E-state index is 0.380. The summed E-state index contributed by atoms with van der Waals surface area (Å²) in [6.07, 6.45) is 0. The lowest BCUT2D eigenvalue weighted by Gasteiger charge is -2.09. The van der Waals surface area contributed by atoms with Gasteiger partial charge in [-0.3, -0.25) is 0 Å². The van der Waals surface area contributed by atoms with Crippen molar-refractivity contribution in [2.45, 2.75) is 13.8 Å². The van der Waals surface area contributed by atoms with Crippen LogP contribution in [0, 0.1) is 13.8 Å². The lowest BCUT2D eigenvalue weighted by Crippen LogP contribution is -2.05. The highest BCUT2D eigenvalue weighted by Crippen LogP contribution is 2.40. The first kappa shape index (κ1) is 17.3. The number of fused-ring (bicyclic) bond motifs is 2. The summed E-state index contributed by atoms with van der Waals surface area (Å²) >= 11 is 0. The lowest BCUT2D eigenvalue weighted by molar-refractivity contribution is 0.532. The average molecular weight is 380 g/mol. The van der Waals surface area contributed by atoms with Crippen LogP contribution in [0.3, 0.4) is 0 Å².